The van der Waals surface area contributed by atoms with E-state index in [1.807, 2.05) is 0 Å². The van der Waals surface area contributed by atoms with Crippen LogP contribution in [0.3, 0.4) is 0 Å². The first kappa shape index (κ1) is 7.86. The molecular formula is C13H13N. The number of rotatable bonds is 1. The lowest BCUT2D eigenvalue weighted by Gasteiger charge is -2.01. The molecule has 0 spiro atoms. The van der Waals surface area contributed by atoms with Crippen LogP contribution in [0.25, 0.3) is 11.1 Å². The predicted molar refractivity (Wildman–Crippen MR) is 58.2 cm³/mol. The summed E-state index contributed by atoms with van der Waals surface area (Å²) in [5.74, 6) is 0. The van der Waals surface area contributed by atoms with Crippen LogP contribution in [0.4, 0.5) is 0 Å². The second kappa shape index (κ2) is 3.02. The Balaban J connectivity index is 2.13. The predicted octanol–water partition coefficient (Wildman–Crippen LogP) is 3.10. The molecule has 0 unspecified atom stereocenters. The van der Waals surface area contributed by atoms with Crippen LogP contribution >= 0.6 is 0 Å². The minimum absolute atomic E-state index is 1.20. The van der Waals surface area contributed by atoms with Crippen molar-refractivity contribution < 1.29 is 0 Å². The molecule has 0 N–H and O–H groups in total. The van der Waals surface area contributed by atoms with Gasteiger partial charge in [0.1, 0.15) is 0 Å². The Kier molecular flexibility index (Phi) is 1.69. The highest BCUT2D eigenvalue weighted by Crippen LogP contribution is 2.29. The minimum atomic E-state index is 1.20. The van der Waals surface area contributed by atoms with E-state index in [4.69, 9.17) is 0 Å². The Morgan fingerprint density at radius 1 is 1.00 bits per heavy atom. The zero-order chi connectivity index (χ0) is 9.38. The third-order valence-electron chi connectivity index (χ3n) is 2.98. The summed E-state index contributed by atoms with van der Waals surface area (Å²) in [6.07, 6.45) is 4.75. The van der Waals surface area contributed by atoms with Gasteiger partial charge < -0.3 is 4.57 Å². The molecule has 1 heteroatoms. The summed E-state index contributed by atoms with van der Waals surface area (Å²) >= 11 is 0. The number of hydrogen-bond donors (Lipinski definition) is 0. The van der Waals surface area contributed by atoms with Crippen molar-refractivity contribution in [1.29, 1.82) is 0 Å². The van der Waals surface area contributed by atoms with Gasteiger partial charge in [-0.1, -0.05) is 30.3 Å². The van der Waals surface area contributed by atoms with E-state index in [1.54, 1.807) is 0 Å². The van der Waals surface area contributed by atoms with E-state index >= 15 is 0 Å². The molecule has 70 valence electrons. The smallest absolute Gasteiger partial charge is 0.0254 e. The molecule has 0 bridgehead atoms. The number of benzene rings is 1. The minimum Gasteiger partial charge on any atom is -0.351 e. The van der Waals surface area contributed by atoms with Gasteiger partial charge in [-0.2, -0.15) is 0 Å². The van der Waals surface area contributed by atoms with Gasteiger partial charge in [-0.05, 0) is 24.5 Å². The molecule has 1 aromatic carbocycles. The van der Waals surface area contributed by atoms with Gasteiger partial charge in [-0.25, -0.2) is 0 Å². The highest BCUT2D eigenvalue weighted by molar-refractivity contribution is 5.66. The van der Waals surface area contributed by atoms with E-state index in [9.17, 15) is 0 Å². The van der Waals surface area contributed by atoms with Crippen molar-refractivity contribution >= 4 is 0 Å². The van der Waals surface area contributed by atoms with E-state index in [0.717, 1.165) is 0 Å². The third-order valence-corrected chi connectivity index (χ3v) is 2.98. The fraction of sp³-hybridized carbons (Fsp3) is 0.231. The van der Waals surface area contributed by atoms with Gasteiger partial charge in [0.2, 0.25) is 0 Å². The number of aromatic nitrogens is 1. The molecule has 2 aromatic rings. The van der Waals surface area contributed by atoms with Gasteiger partial charge in [-0.15, -0.1) is 0 Å². The second-order valence-corrected chi connectivity index (χ2v) is 3.84. The van der Waals surface area contributed by atoms with E-state index in [0.29, 0.717) is 0 Å². The summed E-state index contributed by atoms with van der Waals surface area (Å²) in [5, 5.41) is 0. The molecule has 0 radical (unpaired) electrons. The van der Waals surface area contributed by atoms with Crippen LogP contribution in [0.2, 0.25) is 0 Å². The Morgan fingerprint density at radius 2 is 1.86 bits per heavy atom. The maximum absolute atomic E-state index is 2.38. The first-order valence-corrected chi connectivity index (χ1v) is 5.18. The molecule has 1 aliphatic rings. The summed E-state index contributed by atoms with van der Waals surface area (Å²) < 4.78 is 2.38. The Morgan fingerprint density at radius 3 is 2.71 bits per heavy atom. The molecule has 0 atom stereocenters. The van der Waals surface area contributed by atoms with Crippen LogP contribution < -0.4 is 0 Å². The zero-order valence-corrected chi connectivity index (χ0v) is 8.11. The summed E-state index contributed by atoms with van der Waals surface area (Å²) in [6.45, 7) is 1.20. The topological polar surface area (TPSA) is 4.93 Å². The monoisotopic (exact) mass is 183 g/mol. The summed E-state index contributed by atoms with van der Waals surface area (Å²) in [7, 11) is 0. The van der Waals surface area contributed by atoms with Crippen LogP contribution in [0.1, 0.15) is 12.1 Å². The average Bonchev–Trinajstić information content (AvgIpc) is 2.79. The number of nitrogens with zero attached hydrogens (tertiary/aromatic N) is 1. The van der Waals surface area contributed by atoms with Crippen molar-refractivity contribution in [2.24, 2.45) is 0 Å². The molecule has 0 aliphatic carbocycles. The summed E-state index contributed by atoms with van der Waals surface area (Å²) in [6, 6.07) is 12.9. The van der Waals surface area contributed by atoms with Crippen molar-refractivity contribution in [3.8, 4) is 11.1 Å². The van der Waals surface area contributed by atoms with Crippen LogP contribution in [0, 0.1) is 0 Å². The normalized spacial score (nSPS) is 14.3. The van der Waals surface area contributed by atoms with Crippen LogP contribution in [0.15, 0.2) is 42.6 Å². The van der Waals surface area contributed by atoms with E-state index in [2.05, 4.69) is 47.2 Å². The SMILES string of the molecule is c1ccc(-c2ccn3c2CCC3)cc1. The largest absolute Gasteiger partial charge is 0.351 e. The van der Waals surface area contributed by atoms with Crippen molar-refractivity contribution in [1.82, 2.24) is 4.57 Å². The van der Waals surface area contributed by atoms with Crippen LogP contribution in [-0.2, 0) is 13.0 Å². The van der Waals surface area contributed by atoms with Gasteiger partial charge in [0.25, 0.3) is 0 Å². The molecule has 14 heavy (non-hydrogen) atoms. The standard InChI is InChI=1S/C13H13N/c1-2-5-11(6-3-1)12-8-10-14-9-4-7-13(12)14/h1-3,5-6,8,10H,4,7,9H2. The van der Waals surface area contributed by atoms with Gasteiger partial charge in [0.15, 0.2) is 0 Å². The van der Waals surface area contributed by atoms with Gasteiger partial charge in [0.05, 0.1) is 0 Å². The lowest BCUT2D eigenvalue weighted by Crippen LogP contribution is -1.88. The Hall–Kier alpha value is -1.50. The lowest BCUT2D eigenvalue weighted by atomic mass is 10.1. The van der Waals surface area contributed by atoms with Crippen molar-refractivity contribution in [2.45, 2.75) is 19.4 Å². The molecule has 2 heterocycles. The third kappa shape index (κ3) is 1.09. The summed E-state index contributed by atoms with van der Waals surface area (Å²) in [5.41, 5.74) is 4.28. The molecule has 0 saturated heterocycles. The lowest BCUT2D eigenvalue weighted by molar-refractivity contribution is 0.750. The highest BCUT2D eigenvalue weighted by Gasteiger charge is 2.14. The number of fused-ring (bicyclic) bond motifs is 1. The van der Waals surface area contributed by atoms with Crippen LogP contribution in [0.5, 0.6) is 0 Å². The zero-order valence-electron chi connectivity index (χ0n) is 8.11. The fourth-order valence-corrected chi connectivity index (χ4v) is 2.29. The number of hydrogen-bond acceptors (Lipinski definition) is 0. The van der Waals surface area contributed by atoms with Gasteiger partial charge in [-0.3, -0.25) is 0 Å². The van der Waals surface area contributed by atoms with E-state index in [1.165, 1.54) is 36.2 Å². The van der Waals surface area contributed by atoms with Crippen molar-refractivity contribution in [3.05, 3.63) is 48.3 Å². The molecule has 1 nitrogen and oxygen atoms in total. The maximum Gasteiger partial charge on any atom is 0.0254 e. The fourth-order valence-electron chi connectivity index (χ4n) is 2.29. The summed E-state index contributed by atoms with van der Waals surface area (Å²) in [4.78, 5) is 0. The first-order chi connectivity index (χ1) is 6.95. The second-order valence-electron chi connectivity index (χ2n) is 3.84. The molecule has 1 aliphatic heterocycles. The Labute approximate surface area is 84.0 Å². The molecular weight excluding hydrogens is 170 g/mol. The van der Waals surface area contributed by atoms with Gasteiger partial charge in [0, 0.05) is 24.0 Å². The molecule has 1 aromatic heterocycles. The first-order valence-electron chi connectivity index (χ1n) is 5.18. The highest BCUT2D eigenvalue weighted by atomic mass is 15.0. The molecule has 0 amide bonds. The van der Waals surface area contributed by atoms with Crippen molar-refractivity contribution in [3.63, 3.8) is 0 Å². The molecule has 3 rings (SSSR count). The maximum atomic E-state index is 2.38. The van der Waals surface area contributed by atoms with E-state index in [-0.39, 0.29) is 0 Å². The quantitative estimate of drug-likeness (QED) is 0.640. The van der Waals surface area contributed by atoms with E-state index < -0.39 is 0 Å². The number of aryl methyl sites for hydroxylation is 1. The molecule has 0 saturated carbocycles. The van der Waals surface area contributed by atoms with Crippen LogP contribution in [-0.4, -0.2) is 4.57 Å². The van der Waals surface area contributed by atoms with Gasteiger partial charge >= 0.3 is 0 Å². The average molecular weight is 183 g/mol. The van der Waals surface area contributed by atoms with Crippen molar-refractivity contribution in [2.75, 3.05) is 0 Å². The molecule has 0 fully saturated rings. The Bertz CT molecular complexity index is 440.